The Kier molecular flexibility index (Phi) is 10.9. The zero-order valence-electron chi connectivity index (χ0n) is 23.3. The number of methoxy groups -OCH3 is 1. The van der Waals surface area contributed by atoms with Crippen LogP contribution in [0.5, 0.6) is 5.75 Å². The van der Waals surface area contributed by atoms with Crippen LogP contribution in [0.3, 0.4) is 0 Å². The molecule has 14 heteroatoms. The molecule has 42 heavy (non-hydrogen) atoms. The molecule has 9 nitrogen and oxygen atoms in total. The van der Waals surface area contributed by atoms with E-state index in [9.17, 15) is 36.3 Å². The maximum atomic E-state index is 13.5. The molecule has 3 unspecified atom stereocenters. The van der Waals surface area contributed by atoms with Crippen LogP contribution in [0.2, 0.25) is 5.02 Å². The number of nitrogens with one attached hydrogen (secondary N) is 1. The fourth-order valence-corrected chi connectivity index (χ4v) is 6.88. The topological polar surface area (TPSA) is 139 Å². The normalized spacial score (nSPS) is 19.8. The highest BCUT2D eigenvalue weighted by Gasteiger charge is 2.49. The standard InChI is InChI=1S/C28H35ClF3N3O6S/c1-16(2)24(25(36)28(30,31)32)34-26(37)23-13-21(42(39,40)15-17-7-9-20(41-3)10-8-17)14-35(23)27(38)22(33)12-18-5-4-6-19(29)11-18/h4-11,16,21-25,36H,12-15,33H2,1-3H3,(H,34,37)/t21-,22?,23+,24?,25?/m1/s1. The Morgan fingerprint density at radius 2 is 1.81 bits per heavy atom. The van der Waals surface area contributed by atoms with Crippen LogP contribution in [-0.4, -0.2) is 79.5 Å². The molecule has 232 valence electrons. The number of sulfone groups is 1. The first-order valence-electron chi connectivity index (χ1n) is 13.2. The number of benzene rings is 2. The first-order valence-corrected chi connectivity index (χ1v) is 15.3. The number of rotatable bonds is 11. The quantitative estimate of drug-likeness (QED) is 0.346. The average molecular weight is 634 g/mol. The maximum Gasteiger partial charge on any atom is 0.416 e. The molecule has 1 aliphatic heterocycles. The number of carbonyl (C=O) groups is 2. The van der Waals surface area contributed by atoms with Gasteiger partial charge in [-0.25, -0.2) is 8.42 Å². The number of ether oxygens (including phenoxy) is 1. The van der Waals surface area contributed by atoms with Gasteiger partial charge in [0.1, 0.15) is 11.8 Å². The highest BCUT2D eigenvalue weighted by molar-refractivity contribution is 7.91. The van der Waals surface area contributed by atoms with Gasteiger partial charge >= 0.3 is 6.18 Å². The number of likely N-dealkylation sites (tertiary alicyclic amines) is 1. The van der Waals surface area contributed by atoms with Crippen LogP contribution in [-0.2, 0) is 31.6 Å². The van der Waals surface area contributed by atoms with E-state index in [2.05, 4.69) is 5.32 Å². The molecule has 0 spiro atoms. The third-order valence-electron chi connectivity index (χ3n) is 7.25. The van der Waals surface area contributed by atoms with Gasteiger partial charge < -0.3 is 25.8 Å². The number of nitrogens with zero attached hydrogens (tertiary/aromatic N) is 1. The second kappa shape index (κ2) is 13.6. The van der Waals surface area contributed by atoms with E-state index in [-0.39, 0.29) is 19.4 Å². The Morgan fingerprint density at radius 3 is 2.36 bits per heavy atom. The second-order valence-corrected chi connectivity index (χ2v) is 13.4. The number of amides is 2. The molecule has 0 bridgehead atoms. The lowest BCUT2D eigenvalue weighted by Crippen LogP contribution is -2.58. The minimum atomic E-state index is -5.02. The second-order valence-electron chi connectivity index (χ2n) is 10.7. The summed E-state index contributed by atoms with van der Waals surface area (Å²) in [5.74, 6) is -2.46. The van der Waals surface area contributed by atoms with E-state index in [0.717, 1.165) is 4.90 Å². The number of aliphatic hydroxyl groups is 1. The van der Waals surface area contributed by atoms with Crippen molar-refractivity contribution in [3.8, 4) is 5.75 Å². The molecule has 1 aliphatic rings. The fourth-order valence-electron chi connectivity index (χ4n) is 4.91. The van der Waals surface area contributed by atoms with E-state index in [4.69, 9.17) is 22.1 Å². The monoisotopic (exact) mass is 633 g/mol. The molecule has 0 aliphatic carbocycles. The molecular formula is C28H35ClF3N3O6S. The van der Waals surface area contributed by atoms with Crippen molar-refractivity contribution < 1.29 is 41.0 Å². The predicted octanol–water partition coefficient (Wildman–Crippen LogP) is 2.87. The van der Waals surface area contributed by atoms with Gasteiger partial charge in [0.25, 0.3) is 0 Å². The van der Waals surface area contributed by atoms with Gasteiger partial charge in [-0.2, -0.15) is 13.2 Å². The van der Waals surface area contributed by atoms with Crippen molar-refractivity contribution in [1.29, 1.82) is 0 Å². The first kappa shape index (κ1) is 33.6. The number of alkyl halides is 3. The molecular weight excluding hydrogens is 599 g/mol. The summed E-state index contributed by atoms with van der Waals surface area (Å²) >= 11 is 6.02. The Balaban J connectivity index is 1.88. The Bertz CT molecular complexity index is 1360. The van der Waals surface area contributed by atoms with E-state index < -0.39 is 69.0 Å². The van der Waals surface area contributed by atoms with Crippen molar-refractivity contribution in [2.24, 2.45) is 11.7 Å². The van der Waals surface area contributed by atoms with Gasteiger partial charge in [-0.15, -0.1) is 0 Å². The molecule has 1 saturated heterocycles. The molecule has 5 atom stereocenters. The smallest absolute Gasteiger partial charge is 0.416 e. The zero-order valence-corrected chi connectivity index (χ0v) is 24.9. The van der Waals surface area contributed by atoms with E-state index in [1.54, 1.807) is 48.5 Å². The Morgan fingerprint density at radius 1 is 1.17 bits per heavy atom. The van der Waals surface area contributed by atoms with E-state index in [1.807, 2.05) is 0 Å². The number of hydrogen-bond donors (Lipinski definition) is 3. The molecule has 2 aromatic rings. The molecule has 2 aromatic carbocycles. The van der Waals surface area contributed by atoms with Crippen molar-refractivity contribution >= 4 is 33.3 Å². The number of hydrogen-bond acceptors (Lipinski definition) is 7. The number of nitrogens with two attached hydrogens (primary N) is 1. The molecule has 1 heterocycles. The Labute approximate surface area is 248 Å². The van der Waals surface area contributed by atoms with Gasteiger partial charge in [-0.3, -0.25) is 9.59 Å². The zero-order chi connectivity index (χ0) is 31.4. The lowest BCUT2D eigenvalue weighted by atomic mass is 9.97. The molecule has 1 fully saturated rings. The van der Waals surface area contributed by atoms with Crippen molar-refractivity contribution in [3.05, 3.63) is 64.7 Å². The molecule has 0 saturated carbocycles. The summed E-state index contributed by atoms with van der Waals surface area (Å²) in [5, 5.41) is 11.3. The van der Waals surface area contributed by atoms with Gasteiger partial charge in [0.05, 0.1) is 30.2 Å². The van der Waals surface area contributed by atoms with Crippen molar-refractivity contribution in [1.82, 2.24) is 10.2 Å². The molecule has 2 amide bonds. The van der Waals surface area contributed by atoms with E-state index >= 15 is 0 Å². The number of carbonyl (C=O) groups excluding carboxylic acids is 2. The summed E-state index contributed by atoms with van der Waals surface area (Å²) in [7, 11) is -2.47. The van der Waals surface area contributed by atoms with Crippen LogP contribution in [0.15, 0.2) is 48.5 Å². The Hall–Kier alpha value is -2.87. The van der Waals surface area contributed by atoms with Crippen LogP contribution in [0.25, 0.3) is 0 Å². The van der Waals surface area contributed by atoms with Crippen molar-refractivity contribution in [2.45, 2.75) is 68.1 Å². The van der Waals surface area contributed by atoms with Crippen LogP contribution in [0, 0.1) is 5.92 Å². The summed E-state index contributed by atoms with van der Waals surface area (Å²) < 4.78 is 71.9. The molecule has 3 rings (SSSR count). The van der Waals surface area contributed by atoms with Gasteiger partial charge in [0.15, 0.2) is 15.9 Å². The fraction of sp³-hybridized carbons (Fsp3) is 0.500. The SMILES string of the molecule is COc1ccc(CS(=O)(=O)[C@@H]2C[C@@H](C(=O)NC(C(C)C)C(O)C(F)(F)F)N(C(=O)C(N)Cc3cccc(Cl)c3)C2)cc1. The summed E-state index contributed by atoms with van der Waals surface area (Å²) in [4.78, 5) is 27.9. The molecule has 0 radical (unpaired) electrons. The van der Waals surface area contributed by atoms with Gasteiger partial charge in [-0.1, -0.05) is 49.7 Å². The van der Waals surface area contributed by atoms with Gasteiger partial charge in [0.2, 0.25) is 11.8 Å². The first-order chi connectivity index (χ1) is 19.5. The van der Waals surface area contributed by atoms with E-state index in [1.165, 1.54) is 21.0 Å². The lowest BCUT2D eigenvalue weighted by molar-refractivity contribution is -0.215. The minimum Gasteiger partial charge on any atom is -0.497 e. The summed E-state index contributed by atoms with van der Waals surface area (Å²) in [6.07, 6.45) is -8.22. The molecule has 4 N–H and O–H groups in total. The minimum absolute atomic E-state index is 0.0227. The van der Waals surface area contributed by atoms with Gasteiger partial charge in [0, 0.05) is 11.6 Å². The van der Waals surface area contributed by atoms with Crippen molar-refractivity contribution in [3.63, 3.8) is 0 Å². The highest BCUT2D eigenvalue weighted by atomic mass is 35.5. The summed E-state index contributed by atoms with van der Waals surface area (Å²) in [6.45, 7) is 2.40. The predicted molar refractivity (Wildman–Crippen MR) is 151 cm³/mol. The maximum absolute atomic E-state index is 13.5. The van der Waals surface area contributed by atoms with E-state index in [0.29, 0.717) is 21.9 Å². The third kappa shape index (κ3) is 8.36. The van der Waals surface area contributed by atoms with Crippen LogP contribution in [0.1, 0.15) is 31.4 Å². The number of aliphatic hydroxyl groups excluding tert-OH is 1. The van der Waals surface area contributed by atoms with Gasteiger partial charge in [-0.05, 0) is 54.2 Å². The van der Waals surface area contributed by atoms with Crippen LogP contribution < -0.4 is 15.8 Å². The lowest BCUT2D eigenvalue weighted by Gasteiger charge is -2.32. The number of halogens is 4. The molecule has 0 aromatic heterocycles. The largest absolute Gasteiger partial charge is 0.497 e. The summed E-state index contributed by atoms with van der Waals surface area (Å²) in [6, 6.07) is 8.59. The van der Waals surface area contributed by atoms with Crippen LogP contribution >= 0.6 is 11.6 Å². The van der Waals surface area contributed by atoms with Crippen LogP contribution in [0.4, 0.5) is 13.2 Å². The highest BCUT2D eigenvalue weighted by Crippen LogP contribution is 2.30. The summed E-state index contributed by atoms with van der Waals surface area (Å²) in [5.41, 5.74) is 7.26. The van der Waals surface area contributed by atoms with Crippen molar-refractivity contribution in [2.75, 3.05) is 13.7 Å². The average Bonchev–Trinajstić information content (AvgIpc) is 3.37. The third-order valence-corrected chi connectivity index (χ3v) is 9.58.